The third kappa shape index (κ3) is 6.37. The standard InChI is InChI=1S/C68H53N/c1-6-69-65(47-29-23-45(24-30-47)51-35-37-57-55-19-11-13-21-59(55)67(2,3)61(57)41-51)63(53-33-27-43-15-7-9-17-49(43)39-53)64(54-34-28-44-16-8-10-18-50(44)40-54)66(69)48-31-25-46(26-32-48)52-36-38-58-56-20-12-14-22-60(56)68(4,5)62(58)42-52/h7-42H,6H2,1-5H3. The molecule has 1 aromatic heterocycles. The molecule has 0 fully saturated rings. The van der Waals surface area contributed by atoms with Crippen LogP contribution in [0.15, 0.2) is 218 Å². The lowest BCUT2D eigenvalue weighted by atomic mass is 9.81. The van der Waals surface area contributed by atoms with Gasteiger partial charge in [-0.2, -0.15) is 0 Å². The van der Waals surface area contributed by atoms with E-state index in [1.807, 2.05) is 0 Å². The Balaban J connectivity index is 0.998. The molecule has 0 N–H and O–H groups in total. The number of hydrogen-bond acceptors (Lipinski definition) is 0. The van der Waals surface area contributed by atoms with Gasteiger partial charge in [-0.1, -0.05) is 222 Å². The van der Waals surface area contributed by atoms with E-state index < -0.39 is 0 Å². The van der Waals surface area contributed by atoms with Gasteiger partial charge in [0.15, 0.2) is 0 Å². The Labute approximate surface area is 406 Å². The van der Waals surface area contributed by atoms with E-state index in [-0.39, 0.29) is 10.8 Å². The number of rotatable bonds is 7. The van der Waals surface area contributed by atoms with E-state index in [1.54, 1.807) is 0 Å². The first kappa shape index (κ1) is 41.2. The van der Waals surface area contributed by atoms with Crippen LogP contribution in [0.25, 0.3) is 111 Å². The highest BCUT2D eigenvalue weighted by Gasteiger charge is 2.37. The first-order valence-electron chi connectivity index (χ1n) is 24.6. The maximum atomic E-state index is 2.59. The molecule has 10 aromatic carbocycles. The highest BCUT2D eigenvalue weighted by atomic mass is 15.0. The quantitative estimate of drug-likeness (QED) is 0.150. The molecule has 1 heterocycles. The van der Waals surface area contributed by atoms with Crippen molar-refractivity contribution in [2.45, 2.75) is 52.0 Å². The van der Waals surface area contributed by atoms with Crippen molar-refractivity contribution < 1.29 is 0 Å². The number of fused-ring (bicyclic) bond motifs is 8. The molecule has 0 spiro atoms. The van der Waals surface area contributed by atoms with E-state index in [0.717, 1.165) is 6.54 Å². The topological polar surface area (TPSA) is 4.93 Å². The number of nitrogens with zero attached hydrogens (tertiary/aromatic N) is 1. The van der Waals surface area contributed by atoms with Crippen molar-refractivity contribution in [3.63, 3.8) is 0 Å². The second-order valence-electron chi connectivity index (χ2n) is 20.3. The minimum atomic E-state index is -0.0585. The second-order valence-corrected chi connectivity index (χ2v) is 20.3. The van der Waals surface area contributed by atoms with E-state index in [4.69, 9.17) is 0 Å². The fourth-order valence-electron chi connectivity index (χ4n) is 12.2. The molecular formula is C68H53N. The number of hydrogen-bond donors (Lipinski definition) is 0. The Morgan fingerprint density at radius 2 is 0.623 bits per heavy atom. The van der Waals surface area contributed by atoms with Gasteiger partial charge in [0.25, 0.3) is 0 Å². The minimum absolute atomic E-state index is 0.0585. The largest absolute Gasteiger partial charge is 0.340 e. The van der Waals surface area contributed by atoms with Gasteiger partial charge in [0.2, 0.25) is 0 Å². The maximum absolute atomic E-state index is 2.59. The van der Waals surface area contributed by atoms with Crippen LogP contribution in [-0.2, 0) is 17.4 Å². The minimum Gasteiger partial charge on any atom is -0.340 e. The fraction of sp³-hybridized carbons (Fsp3) is 0.118. The average molecular weight is 884 g/mol. The predicted octanol–water partition coefficient (Wildman–Crippen LogP) is 18.4. The molecule has 0 saturated heterocycles. The van der Waals surface area contributed by atoms with E-state index >= 15 is 0 Å². The third-order valence-electron chi connectivity index (χ3n) is 15.8. The van der Waals surface area contributed by atoms with Gasteiger partial charge in [0, 0.05) is 28.5 Å². The molecule has 0 atom stereocenters. The molecule has 1 nitrogen and oxygen atoms in total. The summed E-state index contributed by atoms with van der Waals surface area (Å²) in [5, 5.41) is 4.95. The molecule has 13 rings (SSSR count). The lowest BCUT2D eigenvalue weighted by Crippen LogP contribution is -2.14. The van der Waals surface area contributed by atoms with Crippen molar-refractivity contribution in [3.05, 3.63) is 241 Å². The highest BCUT2D eigenvalue weighted by molar-refractivity contribution is 6.05. The van der Waals surface area contributed by atoms with Crippen LogP contribution in [0, 0.1) is 0 Å². The van der Waals surface area contributed by atoms with Gasteiger partial charge >= 0.3 is 0 Å². The van der Waals surface area contributed by atoms with Crippen LogP contribution in [0.5, 0.6) is 0 Å². The van der Waals surface area contributed by atoms with Crippen molar-refractivity contribution in [1.82, 2.24) is 4.57 Å². The summed E-state index contributed by atoms with van der Waals surface area (Å²) in [6, 6.07) is 82.3. The highest BCUT2D eigenvalue weighted by Crippen LogP contribution is 2.53. The second kappa shape index (κ2) is 15.5. The lowest BCUT2D eigenvalue weighted by molar-refractivity contribution is 0.660. The molecule has 2 aliphatic carbocycles. The fourth-order valence-corrected chi connectivity index (χ4v) is 12.2. The molecule has 330 valence electrons. The molecular weight excluding hydrogens is 831 g/mol. The molecule has 69 heavy (non-hydrogen) atoms. The van der Waals surface area contributed by atoms with E-state index in [0.29, 0.717) is 0 Å². The molecule has 0 saturated carbocycles. The monoisotopic (exact) mass is 883 g/mol. The molecule has 2 aliphatic rings. The van der Waals surface area contributed by atoms with Gasteiger partial charge in [-0.3, -0.25) is 0 Å². The van der Waals surface area contributed by atoms with Gasteiger partial charge in [-0.25, -0.2) is 0 Å². The first-order valence-corrected chi connectivity index (χ1v) is 24.6. The maximum Gasteiger partial charge on any atom is 0.0571 e. The first-order chi connectivity index (χ1) is 33.7. The van der Waals surface area contributed by atoms with Crippen molar-refractivity contribution in [2.24, 2.45) is 0 Å². The molecule has 0 unspecified atom stereocenters. The van der Waals surface area contributed by atoms with Crippen molar-refractivity contribution in [3.8, 4) is 89.3 Å². The molecule has 0 aliphatic heterocycles. The zero-order valence-corrected chi connectivity index (χ0v) is 39.9. The lowest BCUT2D eigenvalue weighted by Gasteiger charge is -2.22. The molecule has 1 heteroatoms. The van der Waals surface area contributed by atoms with Crippen LogP contribution < -0.4 is 0 Å². The normalized spacial score (nSPS) is 13.9. The van der Waals surface area contributed by atoms with Crippen molar-refractivity contribution in [1.29, 1.82) is 0 Å². The van der Waals surface area contributed by atoms with Crippen molar-refractivity contribution >= 4 is 21.5 Å². The van der Waals surface area contributed by atoms with Crippen LogP contribution >= 0.6 is 0 Å². The average Bonchev–Trinajstić information content (AvgIpc) is 3.95. The zero-order valence-electron chi connectivity index (χ0n) is 39.9. The molecule has 0 amide bonds. The summed E-state index contributed by atoms with van der Waals surface area (Å²) in [4.78, 5) is 0. The Hall–Kier alpha value is -8.00. The third-order valence-corrected chi connectivity index (χ3v) is 15.8. The zero-order chi connectivity index (χ0) is 46.6. The Morgan fingerprint density at radius 3 is 1.04 bits per heavy atom. The summed E-state index contributed by atoms with van der Waals surface area (Å²) < 4.78 is 2.59. The number of benzene rings is 10. The van der Waals surface area contributed by atoms with Gasteiger partial charge in [0.1, 0.15) is 0 Å². The van der Waals surface area contributed by atoms with Gasteiger partial charge in [-0.05, 0) is 142 Å². The number of aromatic nitrogens is 1. The molecule has 0 radical (unpaired) electrons. The van der Waals surface area contributed by atoms with Crippen LogP contribution in [0.1, 0.15) is 56.9 Å². The van der Waals surface area contributed by atoms with Gasteiger partial charge in [-0.15, -0.1) is 0 Å². The smallest absolute Gasteiger partial charge is 0.0571 e. The summed E-state index contributed by atoms with van der Waals surface area (Å²) >= 11 is 0. The van der Waals surface area contributed by atoms with E-state index in [2.05, 4.69) is 258 Å². The summed E-state index contributed by atoms with van der Waals surface area (Å²) in [6.45, 7) is 12.6. The van der Waals surface area contributed by atoms with Crippen LogP contribution in [-0.4, -0.2) is 4.57 Å². The predicted molar refractivity (Wildman–Crippen MR) is 293 cm³/mol. The van der Waals surface area contributed by atoms with E-state index in [9.17, 15) is 0 Å². The van der Waals surface area contributed by atoms with E-state index in [1.165, 1.54) is 133 Å². The Kier molecular flexibility index (Phi) is 9.27. The molecule has 0 bridgehead atoms. The molecule has 11 aromatic rings. The van der Waals surface area contributed by atoms with Gasteiger partial charge in [0.05, 0.1) is 11.4 Å². The van der Waals surface area contributed by atoms with Gasteiger partial charge < -0.3 is 4.57 Å². The summed E-state index contributed by atoms with van der Waals surface area (Å²) in [5.41, 5.74) is 25.6. The Bertz CT molecular complexity index is 3600. The SMILES string of the molecule is CCn1c(-c2ccc(-c3ccc4c(c3)C(C)(C)c3ccccc3-4)cc2)c(-c2ccc3ccccc3c2)c(-c2ccc3ccccc3c2)c1-c1ccc(-c2ccc3c(c2)C(C)(C)c2ccccc2-3)cc1. The van der Waals surface area contributed by atoms with Crippen LogP contribution in [0.3, 0.4) is 0 Å². The van der Waals surface area contributed by atoms with Crippen LogP contribution in [0.4, 0.5) is 0 Å². The summed E-state index contributed by atoms with van der Waals surface area (Å²) in [5.74, 6) is 0. The summed E-state index contributed by atoms with van der Waals surface area (Å²) in [6.07, 6.45) is 0. The summed E-state index contributed by atoms with van der Waals surface area (Å²) in [7, 11) is 0. The van der Waals surface area contributed by atoms with Crippen LogP contribution in [0.2, 0.25) is 0 Å². The Morgan fingerprint density at radius 1 is 0.290 bits per heavy atom. The van der Waals surface area contributed by atoms with Crippen molar-refractivity contribution in [2.75, 3.05) is 0 Å².